The van der Waals surface area contributed by atoms with E-state index < -0.39 is 0 Å². The predicted molar refractivity (Wildman–Crippen MR) is 207 cm³/mol. The molecule has 1 aromatic heterocycles. The fourth-order valence-corrected chi connectivity index (χ4v) is 10.2. The van der Waals surface area contributed by atoms with Crippen LogP contribution in [-0.4, -0.2) is 0 Å². The molecule has 7 aromatic carbocycles. The van der Waals surface area contributed by atoms with Gasteiger partial charge in [0, 0.05) is 37.6 Å². The Morgan fingerprint density at radius 3 is 1.96 bits per heavy atom. The molecular weight excluding hydrogens is 599 g/mol. The smallest absolute Gasteiger partial charge is 0.0640 e. The highest BCUT2D eigenvalue weighted by Crippen LogP contribution is 2.58. The van der Waals surface area contributed by atoms with E-state index in [2.05, 4.69) is 172 Å². The highest BCUT2D eigenvalue weighted by molar-refractivity contribution is 7.26. The first kappa shape index (κ1) is 27.9. The third kappa shape index (κ3) is 3.61. The Morgan fingerprint density at radius 2 is 1.12 bits per heavy atom. The molecule has 0 bridgehead atoms. The summed E-state index contributed by atoms with van der Waals surface area (Å²) in [5.41, 5.74) is 14.4. The molecule has 0 saturated heterocycles. The summed E-state index contributed by atoms with van der Waals surface area (Å²) in [6, 6.07) is 52.4. The number of rotatable bonds is 3. The number of anilines is 3. The van der Waals surface area contributed by atoms with Crippen LogP contribution in [0.3, 0.4) is 0 Å². The van der Waals surface area contributed by atoms with E-state index in [0.29, 0.717) is 0 Å². The molecule has 230 valence electrons. The topological polar surface area (TPSA) is 3.24 Å². The predicted octanol–water partition coefficient (Wildman–Crippen LogP) is 13.3. The second kappa shape index (κ2) is 9.69. The average Bonchev–Trinajstić information content (AvgIpc) is 3.69. The van der Waals surface area contributed by atoms with E-state index >= 15 is 0 Å². The Kier molecular flexibility index (Phi) is 5.63. The number of nitrogens with zero attached hydrogens (tertiary/aromatic N) is 1. The van der Waals surface area contributed by atoms with Gasteiger partial charge in [-0.05, 0) is 80.0 Å². The van der Waals surface area contributed by atoms with Gasteiger partial charge in [0.25, 0.3) is 0 Å². The zero-order valence-electron chi connectivity index (χ0n) is 27.6. The minimum atomic E-state index is -0.140. The van der Waals surface area contributed by atoms with Gasteiger partial charge in [-0.3, -0.25) is 0 Å². The molecule has 1 nitrogen and oxygen atoms in total. The van der Waals surface area contributed by atoms with Crippen LogP contribution in [0, 0.1) is 0 Å². The molecule has 1 heterocycles. The maximum Gasteiger partial charge on any atom is 0.0640 e. The summed E-state index contributed by atoms with van der Waals surface area (Å²) in [7, 11) is 0. The monoisotopic (exact) mass is 633 g/mol. The number of benzene rings is 7. The van der Waals surface area contributed by atoms with Gasteiger partial charge in [0.05, 0.1) is 16.1 Å². The molecule has 0 radical (unpaired) electrons. The normalized spacial score (nSPS) is 15.0. The second-order valence-corrected chi connectivity index (χ2v) is 15.6. The third-order valence-electron chi connectivity index (χ3n) is 11.2. The van der Waals surface area contributed by atoms with Crippen molar-refractivity contribution in [2.45, 2.75) is 38.5 Å². The molecule has 2 heteroatoms. The lowest BCUT2D eigenvalue weighted by Crippen LogP contribution is -2.18. The Morgan fingerprint density at radius 1 is 0.479 bits per heavy atom. The molecule has 0 fully saturated rings. The zero-order chi connectivity index (χ0) is 32.4. The summed E-state index contributed by atoms with van der Waals surface area (Å²) < 4.78 is 2.63. The number of hydrogen-bond acceptors (Lipinski definition) is 2. The van der Waals surface area contributed by atoms with Crippen LogP contribution in [0.25, 0.3) is 53.2 Å². The van der Waals surface area contributed by atoms with Crippen LogP contribution in [0.4, 0.5) is 17.1 Å². The Balaban J connectivity index is 1.34. The lowest BCUT2D eigenvalue weighted by molar-refractivity contribution is 0.660. The second-order valence-electron chi connectivity index (χ2n) is 14.5. The van der Waals surface area contributed by atoms with Crippen molar-refractivity contribution in [3.8, 4) is 22.3 Å². The summed E-state index contributed by atoms with van der Waals surface area (Å²) in [5, 5.41) is 5.24. The summed E-state index contributed by atoms with van der Waals surface area (Å²) in [5.74, 6) is 0. The van der Waals surface area contributed by atoms with Crippen LogP contribution >= 0.6 is 11.3 Å². The van der Waals surface area contributed by atoms with E-state index in [9.17, 15) is 0 Å². The Hall–Kier alpha value is -5.18. The van der Waals surface area contributed by atoms with Crippen molar-refractivity contribution in [1.29, 1.82) is 0 Å². The lowest BCUT2D eigenvalue weighted by atomic mass is 9.80. The van der Waals surface area contributed by atoms with Gasteiger partial charge >= 0.3 is 0 Å². The summed E-state index contributed by atoms with van der Waals surface area (Å²) in [6.45, 7) is 9.57. The van der Waals surface area contributed by atoms with Crippen molar-refractivity contribution in [1.82, 2.24) is 0 Å². The van der Waals surface area contributed by atoms with Crippen molar-refractivity contribution in [3.05, 3.63) is 162 Å². The lowest BCUT2D eigenvalue weighted by Gasteiger charge is -2.31. The Labute approximate surface area is 285 Å². The zero-order valence-corrected chi connectivity index (χ0v) is 28.5. The van der Waals surface area contributed by atoms with Crippen LogP contribution in [0.5, 0.6) is 0 Å². The highest BCUT2D eigenvalue weighted by Gasteiger charge is 2.40. The van der Waals surface area contributed by atoms with E-state index in [0.717, 1.165) is 0 Å². The molecule has 8 aromatic rings. The maximum absolute atomic E-state index is 2.58. The van der Waals surface area contributed by atoms with Crippen molar-refractivity contribution in [2.75, 3.05) is 4.90 Å². The first-order valence-electron chi connectivity index (χ1n) is 16.9. The van der Waals surface area contributed by atoms with E-state index in [1.165, 1.54) is 92.5 Å². The molecule has 10 rings (SSSR count). The first-order chi connectivity index (χ1) is 23.3. The van der Waals surface area contributed by atoms with Gasteiger partial charge in [0.15, 0.2) is 0 Å². The third-order valence-corrected chi connectivity index (χ3v) is 12.4. The quantitative estimate of drug-likeness (QED) is 0.187. The summed E-state index contributed by atoms with van der Waals surface area (Å²) in [6.07, 6.45) is 0. The number of fused-ring (bicyclic) bond motifs is 11. The Bertz CT molecular complexity index is 2630. The number of thiophene rings is 1. The maximum atomic E-state index is 2.58. The first-order valence-corrected chi connectivity index (χ1v) is 17.8. The van der Waals surface area contributed by atoms with Crippen molar-refractivity contribution in [2.24, 2.45) is 0 Å². The van der Waals surface area contributed by atoms with E-state index in [1.54, 1.807) is 0 Å². The molecule has 0 N–H and O–H groups in total. The summed E-state index contributed by atoms with van der Waals surface area (Å²) in [4.78, 5) is 2.58. The fourth-order valence-electron chi connectivity index (χ4n) is 8.96. The fraction of sp³-hybridized carbons (Fsp3) is 0.130. The van der Waals surface area contributed by atoms with E-state index in [4.69, 9.17) is 0 Å². The molecule has 0 amide bonds. The largest absolute Gasteiger partial charge is 0.308 e. The molecule has 48 heavy (non-hydrogen) atoms. The highest BCUT2D eigenvalue weighted by atomic mass is 32.1. The van der Waals surface area contributed by atoms with Gasteiger partial charge < -0.3 is 4.90 Å². The van der Waals surface area contributed by atoms with Crippen molar-refractivity contribution in [3.63, 3.8) is 0 Å². The van der Waals surface area contributed by atoms with Crippen LogP contribution in [0.1, 0.15) is 49.9 Å². The van der Waals surface area contributed by atoms with Crippen LogP contribution in [0.2, 0.25) is 0 Å². The van der Waals surface area contributed by atoms with Crippen molar-refractivity contribution >= 4 is 59.3 Å². The molecule has 0 unspecified atom stereocenters. The van der Waals surface area contributed by atoms with Gasteiger partial charge in [-0.2, -0.15) is 0 Å². The van der Waals surface area contributed by atoms with Gasteiger partial charge in [0.2, 0.25) is 0 Å². The molecule has 0 atom stereocenters. The molecule has 2 aliphatic rings. The van der Waals surface area contributed by atoms with Gasteiger partial charge in [-0.1, -0.05) is 137 Å². The molecule has 2 aliphatic carbocycles. The molecule has 0 spiro atoms. The van der Waals surface area contributed by atoms with Crippen molar-refractivity contribution < 1.29 is 0 Å². The van der Waals surface area contributed by atoms with E-state index in [-0.39, 0.29) is 10.8 Å². The summed E-state index contributed by atoms with van der Waals surface area (Å²) >= 11 is 1.90. The minimum absolute atomic E-state index is 0.100. The van der Waals surface area contributed by atoms with Crippen LogP contribution in [0.15, 0.2) is 140 Å². The van der Waals surface area contributed by atoms with Gasteiger partial charge in [0.1, 0.15) is 0 Å². The van der Waals surface area contributed by atoms with E-state index in [1.807, 2.05) is 11.3 Å². The van der Waals surface area contributed by atoms with Gasteiger partial charge in [-0.15, -0.1) is 11.3 Å². The number of hydrogen-bond donors (Lipinski definition) is 0. The molecule has 0 saturated carbocycles. The van der Waals surface area contributed by atoms with Crippen LogP contribution in [-0.2, 0) is 10.8 Å². The SMILES string of the molecule is CC1(C)c2ccccc2-c2ccc(N(c3cc4ccccc4c4c3-c3ccccc3C4(C)C)c3cccc4c3sc3ccccc34)cc21. The van der Waals surface area contributed by atoms with Crippen LogP contribution < -0.4 is 4.90 Å². The molecule has 0 aliphatic heterocycles. The molecular formula is C46H35NS. The minimum Gasteiger partial charge on any atom is -0.308 e. The van der Waals surface area contributed by atoms with Gasteiger partial charge in [-0.25, -0.2) is 0 Å². The standard InChI is InChI=1S/C46H35NS/c1-45(2)36-20-10-7-16-31(36)32-25-24-29(27-38(32)45)47(39-22-13-19-34-33-17-9-12-23-41(33)48-44(34)39)40-26-28-14-5-6-15-30(28)43-42(40)35-18-8-11-21-37(35)46(43,3)4/h5-27H,1-4H3. The average molecular weight is 634 g/mol.